The first-order valence-corrected chi connectivity index (χ1v) is 14.2. The Labute approximate surface area is 237 Å². The maximum Gasteiger partial charge on any atom is 0.401 e. The molecule has 3 aliphatic rings. The van der Waals surface area contributed by atoms with Crippen LogP contribution >= 0.6 is 0 Å². The maximum absolute atomic E-state index is 15.8. The number of alkyl halides is 3. The highest BCUT2D eigenvalue weighted by Crippen LogP contribution is 2.43. The minimum Gasteiger partial charge on any atom is -0.489 e. The summed E-state index contributed by atoms with van der Waals surface area (Å²) in [5.74, 6) is -1.08. The summed E-state index contributed by atoms with van der Waals surface area (Å²) in [5.41, 5.74) is 2.52. The molecule has 1 atom stereocenters. The number of ether oxygens (including phenoxy) is 1. The molecule has 0 saturated carbocycles. The van der Waals surface area contributed by atoms with Gasteiger partial charge in [-0.15, -0.1) is 0 Å². The molecule has 2 fully saturated rings. The molecule has 0 aromatic heterocycles. The van der Waals surface area contributed by atoms with Crippen LogP contribution in [0.5, 0.6) is 5.75 Å². The van der Waals surface area contributed by atoms with E-state index in [9.17, 15) is 13.2 Å². The molecule has 0 amide bonds. The van der Waals surface area contributed by atoms with E-state index >= 15 is 8.78 Å². The van der Waals surface area contributed by atoms with Gasteiger partial charge in [-0.2, -0.15) is 13.2 Å². The van der Waals surface area contributed by atoms with Crippen LogP contribution in [0.3, 0.4) is 0 Å². The van der Waals surface area contributed by atoms with Crippen molar-refractivity contribution in [1.82, 2.24) is 10.2 Å². The van der Waals surface area contributed by atoms with Crippen molar-refractivity contribution >= 4 is 5.69 Å². The van der Waals surface area contributed by atoms with Gasteiger partial charge in [0.2, 0.25) is 0 Å². The number of halogens is 5. The lowest BCUT2D eigenvalue weighted by Crippen LogP contribution is -2.43. The average Bonchev–Trinajstić information content (AvgIpc) is 3.40. The van der Waals surface area contributed by atoms with Crippen molar-refractivity contribution in [2.24, 2.45) is 5.41 Å². The van der Waals surface area contributed by atoms with Crippen molar-refractivity contribution in [2.45, 2.75) is 44.5 Å². The van der Waals surface area contributed by atoms with Crippen LogP contribution in [0.1, 0.15) is 47.6 Å². The molecule has 6 rings (SSSR count). The Morgan fingerprint density at radius 2 is 1.63 bits per heavy atom. The molecule has 0 aliphatic carbocycles. The summed E-state index contributed by atoms with van der Waals surface area (Å²) in [6.07, 6.45) is -1.21. The molecule has 3 aromatic rings. The Morgan fingerprint density at radius 3 is 2.29 bits per heavy atom. The zero-order valence-electron chi connectivity index (χ0n) is 22.8. The fourth-order valence-electron chi connectivity index (χ4n) is 6.70. The number of benzene rings is 3. The van der Waals surface area contributed by atoms with E-state index in [4.69, 9.17) is 4.74 Å². The number of rotatable bonds is 6. The highest BCUT2D eigenvalue weighted by Gasteiger charge is 2.41. The molecule has 1 spiro atoms. The minimum atomic E-state index is -4.51. The standard InChI is InChI=1S/C32H34F5N3O/c33-27-17-24(39-14-10-31(11-15-39)9-12-38-20-31)18-28(34)29(27)30-26-7-6-25(41-19-22-4-2-1-3-5-22)16-23(26)8-13-40(30)21-32(35,36)37/h1-7,16-18,30,38H,8-15,19-21H2. The second-order valence-electron chi connectivity index (χ2n) is 11.6. The van der Waals surface area contributed by atoms with E-state index in [1.807, 2.05) is 35.2 Å². The van der Waals surface area contributed by atoms with Crippen molar-refractivity contribution in [3.05, 3.63) is 94.6 Å². The first-order chi connectivity index (χ1) is 19.7. The third kappa shape index (κ3) is 6.06. The third-order valence-electron chi connectivity index (χ3n) is 8.93. The average molecular weight is 572 g/mol. The van der Waals surface area contributed by atoms with Crippen molar-refractivity contribution in [1.29, 1.82) is 0 Å². The summed E-state index contributed by atoms with van der Waals surface area (Å²) in [6, 6.07) is 16.1. The Hall–Kier alpha value is -3.17. The number of hydrogen-bond acceptors (Lipinski definition) is 4. The van der Waals surface area contributed by atoms with Crippen molar-refractivity contribution in [3.63, 3.8) is 0 Å². The van der Waals surface area contributed by atoms with Gasteiger partial charge in [0.1, 0.15) is 24.0 Å². The number of piperidine rings is 1. The topological polar surface area (TPSA) is 27.7 Å². The normalized spacial score (nSPS) is 20.8. The summed E-state index contributed by atoms with van der Waals surface area (Å²) in [5, 5.41) is 3.41. The number of hydrogen-bond donors (Lipinski definition) is 1. The lowest BCUT2D eigenvalue weighted by molar-refractivity contribution is -0.150. The highest BCUT2D eigenvalue weighted by molar-refractivity contribution is 5.52. The number of nitrogens with one attached hydrogen (secondary N) is 1. The van der Waals surface area contributed by atoms with E-state index in [1.54, 1.807) is 18.2 Å². The van der Waals surface area contributed by atoms with Crippen LogP contribution in [-0.2, 0) is 13.0 Å². The fourth-order valence-corrected chi connectivity index (χ4v) is 6.70. The van der Waals surface area contributed by atoms with E-state index in [0.717, 1.165) is 48.4 Å². The smallest absolute Gasteiger partial charge is 0.401 e. The van der Waals surface area contributed by atoms with Crippen molar-refractivity contribution in [2.75, 3.05) is 44.2 Å². The Balaban J connectivity index is 1.28. The molecule has 1 N–H and O–H groups in total. The molecule has 4 nitrogen and oxygen atoms in total. The zero-order chi connectivity index (χ0) is 28.6. The van der Waals surface area contributed by atoms with Crippen LogP contribution in [-0.4, -0.2) is 50.3 Å². The lowest BCUT2D eigenvalue weighted by Gasteiger charge is -2.41. The van der Waals surface area contributed by atoms with Gasteiger partial charge in [0.05, 0.1) is 12.6 Å². The van der Waals surface area contributed by atoms with E-state index in [2.05, 4.69) is 5.32 Å². The van der Waals surface area contributed by atoms with E-state index in [1.165, 1.54) is 12.1 Å². The molecule has 2 saturated heterocycles. The van der Waals surface area contributed by atoms with E-state index < -0.39 is 30.4 Å². The van der Waals surface area contributed by atoms with Gasteiger partial charge in [0.25, 0.3) is 0 Å². The summed E-state index contributed by atoms with van der Waals surface area (Å²) in [6.45, 7) is 2.44. The Kier molecular flexibility index (Phi) is 7.68. The van der Waals surface area contributed by atoms with Crippen molar-refractivity contribution in [3.8, 4) is 5.75 Å². The molecule has 41 heavy (non-hydrogen) atoms. The highest BCUT2D eigenvalue weighted by atomic mass is 19.4. The van der Waals surface area contributed by atoms with Crippen LogP contribution in [0, 0.1) is 17.0 Å². The molecule has 3 aromatic carbocycles. The zero-order valence-corrected chi connectivity index (χ0v) is 22.8. The van der Waals surface area contributed by atoms with Gasteiger partial charge < -0.3 is 15.0 Å². The van der Waals surface area contributed by atoms with Crippen LogP contribution < -0.4 is 15.0 Å². The van der Waals surface area contributed by atoms with Gasteiger partial charge >= 0.3 is 6.18 Å². The minimum absolute atomic E-state index is 0.0161. The molecule has 1 unspecified atom stereocenters. The number of fused-ring (bicyclic) bond motifs is 1. The fraction of sp³-hybridized carbons (Fsp3) is 0.438. The van der Waals surface area contributed by atoms with Gasteiger partial charge in [-0.1, -0.05) is 36.4 Å². The van der Waals surface area contributed by atoms with Crippen molar-refractivity contribution < 1.29 is 26.7 Å². The van der Waals surface area contributed by atoms with Gasteiger partial charge in [0, 0.05) is 37.4 Å². The molecule has 0 bridgehead atoms. The summed E-state index contributed by atoms with van der Waals surface area (Å²) < 4.78 is 78.4. The van der Waals surface area contributed by atoms with Gasteiger partial charge in [-0.3, -0.25) is 4.90 Å². The summed E-state index contributed by atoms with van der Waals surface area (Å²) >= 11 is 0. The molecule has 3 heterocycles. The van der Waals surface area contributed by atoms with E-state index in [-0.39, 0.29) is 17.5 Å². The van der Waals surface area contributed by atoms with Gasteiger partial charge in [0.15, 0.2) is 0 Å². The number of anilines is 1. The molecule has 218 valence electrons. The second-order valence-corrected chi connectivity index (χ2v) is 11.6. The molecule has 0 radical (unpaired) electrons. The Morgan fingerprint density at radius 1 is 0.902 bits per heavy atom. The quantitative estimate of drug-likeness (QED) is 0.336. The van der Waals surface area contributed by atoms with E-state index in [0.29, 0.717) is 43.1 Å². The molecule has 3 aliphatic heterocycles. The number of nitrogens with zero attached hydrogens (tertiary/aromatic N) is 2. The monoisotopic (exact) mass is 571 g/mol. The van der Waals surface area contributed by atoms with Gasteiger partial charge in [-0.05, 0) is 78.6 Å². The van der Waals surface area contributed by atoms with Crippen LogP contribution in [0.4, 0.5) is 27.6 Å². The summed E-state index contributed by atoms with van der Waals surface area (Å²) in [4.78, 5) is 3.11. The molecular formula is C32H34F5N3O. The lowest BCUT2D eigenvalue weighted by atomic mass is 9.77. The Bertz CT molecular complexity index is 1340. The maximum atomic E-state index is 15.8. The largest absolute Gasteiger partial charge is 0.489 e. The third-order valence-corrected chi connectivity index (χ3v) is 8.93. The SMILES string of the molecule is Fc1cc(N2CCC3(CCNC3)CC2)cc(F)c1C1c2ccc(OCc3ccccc3)cc2CCN1CC(F)(F)F. The van der Waals surface area contributed by atoms with Crippen LogP contribution in [0.15, 0.2) is 60.7 Å². The first-order valence-electron chi connectivity index (χ1n) is 14.2. The molecule has 9 heteroatoms. The first kappa shape index (κ1) is 28.0. The molecular weight excluding hydrogens is 537 g/mol. The summed E-state index contributed by atoms with van der Waals surface area (Å²) in [7, 11) is 0. The second kappa shape index (κ2) is 11.2. The predicted octanol–water partition coefficient (Wildman–Crippen LogP) is 6.63. The van der Waals surface area contributed by atoms with Crippen LogP contribution in [0.25, 0.3) is 0 Å². The van der Waals surface area contributed by atoms with Crippen LogP contribution in [0.2, 0.25) is 0 Å². The predicted molar refractivity (Wildman–Crippen MR) is 148 cm³/mol. The van der Waals surface area contributed by atoms with Gasteiger partial charge in [-0.25, -0.2) is 8.78 Å².